The molecule has 0 spiro atoms. The average molecular weight is 378 g/mol. The standard InChI is InChI=1S/C22H26N4O2/c1-2-23-13-18-12-20(7-6-17(18)15-27)26-10-3-5-16-11-19(14-24-21(16)26)22(28)25-8-4-9-25/h6-7,11-12,14-15,23H,2-5,8-10,13H2,1H3. The van der Waals surface area contributed by atoms with Gasteiger partial charge in [-0.05, 0) is 61.2 Å². The molecule has 2 aliphatic heterocycles. The lowest BCUT2D eigenvalue weighted by Gasteiger charge is -2.33. The molecule has 0 radical (unpaired) electrons. The fourth-order valence-corrected chi connectivity index (χ4v) is 3.82. The fraction of sp³-hybridized carbons (Fsp3) is 0.409. The van der Waals surface area contributed by atoms with Gasteiger partial charge in [-0.1, -0.05) is 6.92 Å². The smallest absolute Gasteiger partial charge is 0.255 e. The second-order valence-electron chi connectivity index (χ2n) is 7.39. The van der Waals surface area contributed by atoms with Crippen molar-refractivity contribution in [3.63, 3.8) is 0 Å². The lowest BCUT2D eigenvalue weighted by molar-refractivity contribution is 0.0651. The van der Waals surface area contributed by atoms with Gasteiger partial charge in [-0.2, -0.15) is 0 Å². The molecule has 0 aliphatic carbocycles. The summed E-state index contributed by atoms with van der Waals surface area (Å²) in [4.78, 5) is 32.6. The van der Waals surface area contributed by atoms with E-state index < -0.39 is 0 Å². The molecule has 0 bridgehead atoms. The van der Waals surface area contributed by atoms with Crippen LogP contribution in [-0.2, 0) is 13.0 Å². The van der Waals surface area contributed by atoms with E-state index in [1.807, 2.05) is 30.0 Å². The van der Waals surface area contributed by atoms with E-state index in [-0.39, 0.29) is 5.91 Å². The van der Waals surface area contributed by atoms with Crippen LogP contribution in [0.25, 0.3) is 0 Å². The molecule has 1 fully saturated rings. The van der Waals surface area contributed by atoms with Crippen molar-refractivity contribution in [3.8, 4) is 0 Å². The Balaban J connectivity index is 1.64. The number of hydrogen-bond donors (Lipinski definition) is 1. The summed E-state index contributed by atoms with van der Waals surface area (Å²) in [5, 5.41) is 3.29. The monoisotopic (exact) mass is 378 g/mol. The number of aryl methyl sites for hydroxylation is 1. The van der Waals surface area contributed by atoms with Gasteiger partial charge in [-0.3, -0.25) is 9.59 Å². The summed E-state index contributed by atoms with van der Waals surface area (Å²) < 4.78 is 0. The quantitative estimate of drug-likeness (QED) is 0.783. The molecule has 28 heavy (non-hydrogen) atoms. The van der Waals surface area contributed by atoms with Crippen LogP contribution in [0, 0.1) is 0 Å². The predicted octanol–water partition coefficient (Wildman–Crippen LogP) is 2.93. The molecule has 0 saturated carbocycles. The molecule has 1 saturated heterocycles. The zero-order valence-corrected chi connectivity index (χ0v) is 16.3. The zero-order chi connectivity index (χ0) is 19.5. The first-order valence-electron chi connectivity index (χ1n) is 10.1. The number of carbonyl (C=O) groups is 2. The molecule has 146 valence electrons. The number of aromatic nitrogens is 1. The first-order valence-corrected chi connectivity index (χ1v) is 10.1. The lowest BCUT2D eigenvalue weighted by atomic mass is 10.0. The summed E-state index contributed by atoms with van der Waals surface area (Å²) in [5.74, 6) is 1.00. The van der Waals surface area contributed by atoms with Crippen molar-refractivity contribution in [1.29, 1.82) is 0 Å². The highest BCUT2D eigenvalue weighted by Crippen LogP contribution is 2.33. The predicted molar refractivity (Wildman–Crippen MR) is 109 cm³/mol. The Bertz CT molecular complexity index is 892. The van der Waals surface area contributed by atoms with Gasteiger partial charge in [0.2, 0.25) is 0 Å². The number of rotatable bonds is 6. The summed E-state index contributed by atoms with van der Waals surface area (Å²) in [7, 11) is 0. The van der Waals surface area contributed by atoms with E-state index in [0.717, 1.165) is 74.4 Å². The number of carbonyl (C=O) groups excluding carboxylic acids is 2. The highest BCUT2D eigenvalue weighted by Gasteiger charge is 2.25. The third kappa shape index (κ3) is 3.52. The van der Waals surface area contributed by atoms with Crippen LogP contribution in [0.2, 0.25) is 0 Å². The van der Waals surface area contributed by atoms with E-state index in [2.05, 4.69) is 21.3 Å². The molecule has 3 heterocycles. The SMILES string of the molecule is CCNCc1cc(N2CCCc3cc(C(=O)N4CCC4)cnc32)ccc1C=O. The van der Waals surface area contributed by atoms with Gasteiger partial charge in [0.1, 0.15) is 12.1 Å². The number of hydrogen-bond acceptors (Lipinski definition) is 5. The number of fused-ring (bicyclic) bond motifs is 1. The highest BCUT2D eigenvalue weighted by atomic mass is 16.2. The number of pyridine rings is 1. The van der Waals surface area contributed by atoms with Crippen LogP contribution in [0.3, 0.4) is 0 Å². The first-order chi connectivity index (χ1) is 13.7. The molecule has 6 heteroatoms. The van der Waals surface area contributed by atoms with Gasteiger partial charge >= 0.3 is 0 Å². The summed E-state index contributed by atoms with van der Waals surface area (Å²) in [6.45, 7) is 6.13. The van der Waals surface area contributed by atoms with Gasteiger partial charge < -0.3 is 15.1 Å². The molecule has 1 aromatic heterocycles. The number of nitrogens with zero attached hydrogens (tertiary/aromatic N) is 3. The topological polar surface area (TPSA) is 65.5 Å². The van der Waals surface area contributed by atoms with Gasteiger partial charge in [-0.25, -0.2) is 4.98 Å². The van der Waals surface area contributed by atoms with Crippen LogP contribution in [-0.4, -0.2) is 48.3 Å². The van der Waals surface area contributed by atoms with E-state index in [0.29, 0.717) is 17.7 Å². The highest BCUT2D eigenvalue weighted by molar-refractivity contribution is 5.95. The Hall–Kier alpha value is -2.73. The molecular weight excluding hydrogens is 352 g/mol. The van der Waals surface area contributed by atoms with Crippen LogP contribution in [0.1, 0.15) is 51.6 Å². The number of likely N-dealkylation sites (tertiary alicyclic amines) is 1. The Morgan fingerprint density at radius 3 is 2.79 bits per heavy atom. The van der Waals surface area contributed by atoms with Crippen molar-refractivity contribution in [2.24, 2.45) is 0 Å². The van der Waals surface area contributed by atoms with Gasteiger partial charge in [0.05, 0.1) is 5.56 Å². The zero-order valence-electron chi connectivity index (χ0n) is 16.3. The number of anilines is 2. The maximum absolute atomic E-state index is 12.5. The van der Waals surface area contributed by atoms with Gasteiger partial charge in [0.25, 0.3) is 5.91 Å². The van der Waals surface area contributed by atoms with Gasteiger partial charge in [-0.15, -0.1) is 0 Å². The third-order valence-electron chi connectivity index (χ3n) is 5.55. The van der Waals surface area contributed by atoms with E-state index in [9.17, 15) is 9.59 Å². The van der Waals surface area contributed by atoms with Crippen LogP contribution in [0.15, 0.2) is 30.5 Å². The van der Waals surface area contributed by atoms with Gasteiger partial charge in [0, 0.05) is 43.6 Å². The van der Waals surface area contributed by atoms with Crippen LogP contribution in [0.5, 0.6) is 0 Å². The molecule has 1 aromatic carbocycles. The number of nitrogens with one attached hydrogen (secondary N) is 1. The number of benzene rings is 1. The molecule has 2 aromatic rings. The van der Waals surface area contributed by atoms with Gasteiger partial charge in [0.15, 0.2) is 0 Å². The minimum Gasteiger partial charge on any atom is -0.338 e. The number of amides is 1. The third-order valence-corrected chi connectivity index (χ3v) is 5.55. The summed E-state index contributed by atoms with van der Waals surface area (Å²) in [6, 6.07) is 7.94. The Labute approximate surface area is 165 Å². The minimum atomic E-state index is 0.0851. The Kier molecular flexibility index (Phi) is 5.39. The van der Waals surface area contributed by atoms with E-state index in [4.69, 9.17) is 0 Å². The first kappa shape index (κ1) is 18.6. The number of aldehydes is 1. The maximum atomic E-state index is 12.5. The summed E-state index contributed by atoms with van der Waals surface area (Å²) in [5.41, 5.74) is 4.54. The van der Waals surface area contributed by atoms with E-state index in [1.54, 1.807) is 6.20 Å². The van der Waals surface area contributed by atoms with Crippen LogP contribution >= 0.6 is 0 Å². The molecule has 1 N–H and O–H groups in total. The fourth-order valence-electron chi connectivity index (χ4n) is 3.82. The minimum absolute atomic E-state index is 0.0851. The van der Waals surface area contributed by atoms with E-state index >= 15 is 0 Å². The van der Waals surface area contributed by atoms with Crippen LogP contribution in [0.4, 0.5) is 11.5 Å². The average Bonchev–Trinajstić information content (AvgIpc) is 2.69. The molecule has 1 amide bonds. The van der Waals surface area contributed by atoms with Crippen molar-refractivity contribution >= 4 is 23.7 Å². The van der Waals surface area contributed by atoms with Crippen molar-refractivity contribution < 1.29 is 9.59 Å². The summed E-state index contributed by atoms with van der Waals surface area (Å²) >= 11 is 0. The van der Waals surface area contributed by atoms with Crippen molar-refractivity contribution in [3.05, 3.63) is 52.7 Å². The van der Waals surface area contributed by atoms with Crippen molar-refractivity contribution in [2.75, 3.05) is 31.1 Å². The normalized spacial score (nSPS) is 15.8. The molecule has 0 unspecified atom stereocenters. The largest absolute Gasteiger partial charge is 0.338 e. The molecular formula is C22H26N4O2. The summed E-state index contributed by atoms with van der Waals surface area (Å²) in [6.07, 6.45) is 5.64. The van der Waals surface area contributed by atoms with E-state index in [1.165, 1.54) is 0 Å². The molecule has 6 nitrogen and oxygen atoms in total. The lowest BCUT2D eigenvalue weighted by Crippen LogP contribution is -2.42. The van der Waals surface area contributed by atoms with Crippen LogP contribution < -0.4 is 10.2 Å². The maximum Gasteiger partial charge on any atom is 0.255 e. The Morgan fingerprint density at radius 2 is 2.07 bits per heavy atom. The second-order valence-corrected chi connectivity index (χ2v) is 7.39. The van der Waals surface area contributed by atoms with Crippen molar-refractivity contribution in [2.45, 2.75) is 32.7 Å². The molecule has 0 atom stereocenters. The van der Waals surface area contributed by atoms with Crippen molar-refractivity contribution in [1.82, 2.24) is 15.2 Å². The molecule has 4 rings (SSSR count). The second kappa shape index (κ2) is 8.10. The Morgan fingerprint density at radius 1 is 1.21 bits per heavy atom. The molecule has 2 aliphatic rings.